The fraction of sp³-hybridized carbons (Fsp3) is 0.273. The van der Waals surface area contributed by atoms with E-state index in [4.69, 9.17) is 5.73 Å². The minimum absolute atomic E-state index is 0.419. The van der Waals surface area contributed by atoms with Crippen molar-refractivity contribution in [3.8, 4) is 0 Å². The predicted octanol–water partition coefficient (Wildman–Crippen LogP) is 1.75. The van der Waals surface area contributed by atoms with Gasteiger partial charge < -0.3 is 5.73 Å². The van der Waals surface area contributed by atoms with Gasteiger partial charge in [0.1, 0.15) is 0 Å². The lowest BCUT2D eigenvalue weighted by Gasteiger charge is -2.01. The smallest absolute Gasteiger partial charge is 0.250 e. The summed E-state index contributed by atoms with van der Waals surface area (Å²) in [4.78, 5) is 15.2. The Labute approximate surface area is 83.7 Å². The van der Waals surface area contributed by atoms with E-state index < -0.39 is 5.91 Å². The van der Waals surface area contributed by atoms with Crippen LogP contribution in [-0.2, 0) is 4.79 Å². The molecule has 0 aromatic carbocycles. The second-order valence-corrected chi connectivity index (χ2v) is 2.99. The second kappa shape index (κ2) is 5.17. The van der Waals surface area contributed by atoms with E-state index in [2.05, 4.69) is 4.98 Å². The van der Waals surface area contributed by atoms with E-state index in [9.17, 15) is 4.79 Å². The third-order valence-electron chi connectivity index (χ3n) is 1.84. The minimum atomic E-state index is -0.419. The maximum absolute atomic E-state index is 11.1. The van der Waals surface area contributed by atoms with E-state index in [0.29, 0.717) is 11.3 Å². The Balaban J connectivity index is 2.95. The molecule has 0 aliphatic heterocycles. The normalized spacial score (nSPS) is 11.4. The van der Waals surface area contributed by atoms with Crippen molar-refractivity contribution in [3.05, 3.63) is 36.2 Å². The number of aromatic nitrogens is 1. The van der Waals surface area contributed by atoms with E-state index in [1.807, 2.05) is 25.1 Å². The zero-order valence-electron chi connectivity index (χ0n) is 8.23. The number of primary amides is 1. The van der Waals surface area contributed by atoms with E-state index in [-0.39, 0.29) is 0 Å². The van der Waals surface area contributed by atoms with Crippen LogP contribution in [0.3, 0.4) is 0 Å². The minimum Gasteiger partial charge on any atom is -0.366 e. The molecule has 0 bridgehead atoms. The second-order valence-electron chi connectivity index (χ2n) is 2.99. The van der Waals surface area contributed by atoms with Gasteiger partial charge in [0.05, 0.1) is 11.3 Å². The first kappa shape index (κ1) is 10.4. The molecule has 1 rings (SSSR count). The predicted molar refractivity (Wildman–Crippen MR) is 56.3 cm³/mol. The standard InChI is InChI=1S/C11H14N2O/c1-2-3-6-9(11(12)14)10-7-4-5-8-13-10/h4-8H,2-3H2,1H3,(H2,12,14)/b9-6-. The Morgan fingerprint density at radius 2 is 2.36 bits per heavy atom. The van der Waals surface area contributed by atoms with Gasteiger partial charge in [-0.25, -0.2) is 0 Å². The van der Waals surface area contributed by atoms with E-state index in [1.165, 1.54) is 0 Å². The van der Waals surface area contributed by atoms with Crippen LogP contribution < -0.4 is 5.73 Å². The summed E-state index contributed by atoms with van der Waals surface area (Å²) in [5.74, 6) is -0.419. The summed E-state index contributed by atoms with van der Waals surface area (Å²) in [6.07, 6.45) is 5.32. The van der Waals surface area contributed by atoms with Gasteiger partial charge in [-0.3, -0.25) is 9.78 Å². The van der Waals surface area contributed by atoms with Gasteiger partial charge in [-0.15, -0.1) is 0 Å². The van der Waals surface area contributed by atoms with Crippen LogP contribution in [0.1, 0.15) is 25.5 Å². The highest BCUT2D eigenvalue weighted by molar-refractivity contribution is 6.18. The van der Waals surface area contributed by atoms with Crippen molar-refractivity contribution >= 4 is 11.5 Å². The van der Waals surface area contributed by atoms with Gasteiger partial charge in [-0.2, -0.15) is 0 Å². The molecule has 0 saturated heterocycles. The Hall–Kier alpha value is -1.64. The maximum Gasteiger partial charge on any atom is 0.250 e. The number of unbranched alkanes of at least 4 members (excludes halogenated alkanes) is 1. The molecule has 74 valence electrons. The topological polar surface area (TPSA) is 56.0 Å². The number of hydrogen-bond donors (Lipinski definition) is 1. The third-order valence-corrected chi connectivity index (χ3v) is 1.84. The Bertz CT molecular complexity index is 330. The number of carbonyl (C=O) groups is 1. The number of allylic oxidation sites excluding steroid dienone is 1. The van der Waals surface area contributed by atoms with Gasteiger partial charge in [-0.05, 0) is 18.6 Å². The molecule has 1 heterocycles. The molecule has 0 unspecified atom stereocenters. The quantitative estimate of drug-likeness (QED) is 0.735. The van der Waals surface area contributed by atoms with Gasteiger partial charge in [0.15, 0.2) is 0 Å². The lowest BCUT2D eigenvalue weighted by molar-refractivity contribution is -0.112. The van der Waals surface area contributed by atoms with Gasteiger partial charge in [0.25, 0.3) is 5.91 Å². The largest absolute Gasteiger partial charge is 0.366 e. The molecule has 3 nitrogen and oxygen atoms in total. The first-order chi connectivity index (χ1) is 6.75. The SMILES string of the molecule is CCC/C=C(\C(N)=O)c1ccccn1. The summed E-state index contributed by atoms with van der Waals surface area (Å²) in [6, 6.07) is 5.43. The average Bonchev–Trinajstić information content (AvgIpc) is 2.19. The number of rotatable bonds is 4. The van der Waals surface area contributed by atoms with Crippen LogP contribution in [0.4, 0.5) is 0 Å². The maximum atomic E-state index is 11.1. The van der Waals surface area contributed by atoms with E-state index >= 15 is 0 Å². The fourth-order valence-electron chi connectivity index (χ4n) is 1.14. The number of carbonyl (C=O) groups excluding carboxylic acids is 1. The van der Waals surface area contributed by atoms with Gasteiger partial charge in [0, 0.05) is 6.20 Å². The lowest BCUT2D eigenvalue weighted by atomic mass is 10.1. The van der Waals surface area contributed by atoms with Crippen molar-refractivity contribution in [3.63, 3.8) is 0 Å². The highest BCUT2D eigenvalue weighted by atomic mass is 16.1. The molecular formula is C11H14N2O. The summed E-state index contributed by atoms with van der Waals surface area (Å²) in [5, 5.41) is 0. The van der Waals surface area contributed by atoms with Crippen LogP contribution in [0.2, 0.25) is 0 Å². The monoisotopic (exact) mass is 190 g/mol. The van der Waals surface area contributed by atoms with Crippen LogP contribution in [-0.4, -0.2) is 10.9 Å². The molecule has 1 aromatic heterocycles. The molecule has 1 amide bonds. The van der Waals surface area contributed by atoms with Gasteiger partial charge in [-0.1, -0.05) is 25.5 Å². The molecule has 0 aliphatic rings. The number of pyridine rings is 1. The summed E-state index contributed by atoms with van der Waals surface area (Å²) >= 11 is 0. The summed E-state index contributed by atoms with van der Waals surface area (Å²) in [7, 11) is 0. The highest BCUT2D eigenvalue weighted by Gasteiger charge is 2.07. The zero-order chi connectivity index (χ0) is 10.4. The van der Waals surface area contributed by atoms with Crippen molar-refractivity contribution < 1.29 is 4.79 Å². The summed E-state index contributed by atoms with van der Waals surface area (Å²) in [6.45, 7) is 2.05. The average molecular weight is 190 g/mol. The molecule has 0 radical (unpaired) electrons. The Morgan fingerprint density at radius 3 is 2.86 bits per heavy atom. The molecule has 0 spiro atoms. The fourth-order valence-corrected chi connectivity index (χ4v) is 1.14. The lowest BCUT2D eigenvalue weighted by Crippen LogP contribution is -2.13. The van der Waals surface area contributed by atoms with Crippen molar-refractivity contribution in [2.45, 2.75) is 19.8 Å². The molecule has 0 fully saturated rings. The number of nitrogens with zero attached hydrogens (tertiary/aromatic N) is 1. The zero-order valence-corrected chi connectivity index (χ0v) is 8.23. The molecule has 0 aliphatic carbocycles. The summed E-state index contributed by atoms with van der Waals surface area (Å²) < 4.78 is 0. The van der Waals surface area contributed by atoms with Crippen LogP contribution in [0.25, 0.3) is 5.57 Å². The molecule has 3 heteroatoms. The molecule has 1 aromatic rings. The van der Waals surface area contributed by atoms with Crippen molar-refractivity contribution in [2.24, 2.45) is 5.73 Å². The molecule has 2 N–H and O–H groups in total. The van der Waals surface area contributed by atoms with Crippen LogP contribution in [0, 0.1) is 0 Å². The van der Waals surface area contributed by atoms with E-state index in [0.717, 1.165) is 12.8 Å². The first-order valence-corrected chi connectivity index (χ1v) is 4.67. The summed E-state index contributed by atoms with van der Waals surface area (Å²) in [5.41, 5.74) is 6.42. The van der Waals surface area contributed by atoms with E-state index in [1.54, 1.807) is 12.3 Å². The van der Waals surface area contributed by atoms with Crippen LogP contribution in [0.5, 0.6) is 0 Å². The van der Waals surface area contributed by atoms with Gasteiger partial charge in [0.2, 0.25) is 0 Å². The van der Waals surface area contributed by atoms with Crippen molar-refractivity contribution in [2.75, 3.05) is 0 Å². The third kappa shape index (κ3) is 2.69. The van der Waals surface area contributed by atoms with Gasteiger partial charge >= 0.3 is 0 Å². The molecule has 0 saturated carbocycles. The van der Waals surface area contributed by atoms with Crippen LogP contribution in [0.15, 0.2) is 30.5 Å². The van der Waals surface area contributed by atoms with Crippen molar-refractivity contribution in [1.82, 2.24) is 4.98 Å². The molecular weight excluding hydrogens is 176 g/mol. The molecule has 0 atom stereocenters. The number of amides is 1. The van der Waals surface area contributed by atoms with Crippen molar-refractivity contribution in [1.29, 1.82) is 0 Å². The van der Waals surface area contributed by atoms with Crippen LogP contribution >= 0.6 is 0 Å². The Morgan fingerprint density at radius 1 is 1.57 bits per heavy atom. The molecule has 14 heavy (non-hydrogen) atoms. The Kier molecular flexibility index (Phi) is 3.85. The first-order valence-electron chi connectivity index (χ1n) is 4.67. The highest BCUT2D eigenvalue weighted by Crippen LogP contribution is 2.11. The number of nitrogens with two attached hydrogens (primary N) is 1. The number of hydrogen-bond acceptors (Lipinski definition) is 2.